The fraction of sp³-hybridized carbons (Fsp3) is 0.548. The number of halogens is 4. The van der Waals surface area contributed by atoms with E-state index in [2.05, 4.69) is 0 Å². The molecule has 230 valence electrons. The van der Waals surface area contributed by atoms with Gasteiger partial charge in [0.25, 0.3) is 0 Å². The number of aliphatic hydroxyl groups is 1. The van der Waals surface area contributed by atoms with Crippen LogP contribution in [0.25, 0.3) is 0 Å². The molecule has 1 saturated heterocycles. The first-order valence-electron chi connectivity index (χ1n) is 14.2. The summed E-state index contributed by atoms with van der Waals surface area (Å²) in [4.78, 5) is 29.7. The van der Waals surface area contributed by atoms with Crippen molar-refractivity contribution in [3.63, 3.8) is 0 Å². The molecule has 1 saturated carbocycles. The minimum Gasteiger partial charge on any atom is -0.487 e. The predicted molar refractivity (Wildman–Crippen MR) is 152 cm³/mol. The topological polar surface area (TPSA) is 79.3 Å². The molecule has 4 rings (SSSR count). The Morgan fingerprint density at radius 3 is 2.19 bits per heavy atom. The molecular weight excluding hydrogens is 573 g/mol. The SMILES string of the molecule is CC(C)(C)OC(=O)N1CCN(C(=O)C(c2ccc(OCc3ccccc3C(F)(F)F)c(Cl)c2)C2(O)CCCCC2)CC1. The van der Waals surface area contributed by atoms with Gasteiger partial charge in [-0.2, -0.15) is 13.2 Å². The number of hydrogen-bond acceptors (Lipinski definition) is 5. The average Bonchev–Trinajstić information content (AvgIpc) is 2.92. The Labute approximate surface area is 249 Å². The quantitative estimate of drug-likeness (QED) is 0.389. The second-order valence-electron chi connectivity index (χ2n) is 12.0. The first-order valence-corrected chi connectivity index (χ1v) is 14.6. The van der Waals surface area contributed by atoms with E-state index in [1.165, 1.54) is 24.3 Å². The number of rotatable bonds is 6. The van der Waals surface area contributed by atoms with E-state index in [4.69, 9.17) is 21.1 Å². The third-order valence-corrected chi connectivity index (χ3v) is 8.04. The van der Waals surface area contributed by atoms with Gasteiger partial charge in [-0.25, -0.2) is 4.79 Å². The Balaban J connectivity index is 1.52. The molecule has 1 N–H and O–H groups in total. The molecule has 1 atom stereocenters. The van der Waals surface area contributed by atoms with Crippen molar-refractivity contribution in [1.82, 2.24) is 9.80 Å². The normalized spacial score (nSPS) is 18.4. The summed E-state index contributed by atoms with van der Waals surface area (Å²) >= 11 is 6.54. The largest absolute Gasteiger partial charge is 0.487 e. The lowest BCUT2D eigenvalue weighted by molar-refractivity contribution is -0.143. The predicted octanol–water partition coefficient (Wildman–Crippen LogP) is 6.80. The molecule has 2 aliphatic rings. The van der Waals surface area contributed by atoms with Crippen molar-refractivity contribution in [3.8, 4) is 5.75 Å². The summed E-state index contributed by atoms with van der Waals surface area (Å²) in [6.07, 6.45) is -1.53. The van der Waals surface area contributed by atoms with Crippen molar-refractivity contribution >= 4 is 23.6 Å². The van der Waals surface area contributed by atoms with E-state index in [1.54, 1.807) is 42.7 Å². The molecule has 1 aliphatic heterocycles. The number of carbonyl (C=O) groups is 2. The zero-order valence-corrected chi connectivity index (χ0v) is 24.9. The summed E-state index contributed by atoms with van der Waals surface area (Å²) in [5, 5.41) is 11.9. The van der Waals surface area contributed by atoms with Crippen molar-refractivity contribution in [3.05, 3.63) is 64.2 Å². The number of ether oxygens (including phenoxy) is 2. The van der Waals surface area contributed by atoms with E-state index in [1.807, 2.05) is 0 Å². The van der Waals surface area contributed by atoms with Crippen molar-refractivity contribution in [1.29, 1.82) is 0 Å². The van der Waals surface area contributed by atoms with Crippen molar-refractivity contribution in [2.75, 3.05) is 26.2 Å². The summed E-state index contributed by atoms with van der Waals surface area (Å²) in [6.45, 7) is 6.23. The second kappa shape index (κ2) is 12.7. The van der Waals surface area contributed by atoms with E-state index < -0.39 is 35.0 Å². The number of hydrogen-bond donors (Lipinski definition) is 1. The van der Waals surface area contributed by atoms with E-state index in [0.29, 0.717) is 31.5 Å². The maximum atomic E-state index is 14.0. The number of alkyl halides is 3. The molecule has 2 aromatic rings. The van der Waals surface area contributed by atoms with Gasteiger partial charge in [0.15, 0.2) is 0 Å². The number of amides is 2. The Bertz CT molecular complexity index is 1270. The fourth-order valence-electron chi connectivity index (χ4n) is 5.65. The van der Waals surface area contributed by atoms with Gasteiger partial charge in [-0.05, 0) is 57.4 Å². The molecular formula is C31H38ClF3N2O5. The number of carbonyl (C=O) groups excluding carboxylic acids is 2. The highest BCUT2D eigenvalue weighted by Gasteiger charge is 2.45. The average molecular weight is 611 g/mol. The lowest BCUT2D eigenvalue weighted by atomic mass is 9.72. The van der Waals surface area contributed by atoms with Gasteiger partial charge >= 0.3 is 12.3 Å². The van der Waals surface area contributed by atoms with Crippen LogP contribution in [0, 0.1) is 0 Å². The van der Waals surface area contributed by atoms with Gasteiger partial charge in [-0.1, -0.05) is 55.1 Å². The molecule has 1 aliphatic carbocycles. The Hall–Kier alpha value is -2.98. The molecule has 7 nitrogen and oxygen atoms in total. The second-order valence-corrected chi connectivity index (χ2v) is 12.4. The van der Waals surface area contributed by atoms with Gasteiger partial charge in [-0.3, -0.25) is 4.79 Å². The van der Waals surface area contributed by atoms with Crippen LogP contribution in [0.3, 0.4) is 0 Å². The Kier molecular flexibility index (Phi) is 9.67. The number of nitrogens with zero attached hydrogens (tertiary/aromatic N) is 2. The molecule has 2 aromatic carbocycles. The zero-order chi connectivity index (χ0) is 30.7. The molecule has 42 heavy (non-hydrogen) atoms. The van der Waals surface area contributed by atoms with E-state index in [0.717, 1.165) is 25.3 Å². The molecule has 0 spiro atoms. The third kappa shape index (κ3) is 7.69. The van der Waals surface area contributed by atoms with Gasteiger partial charge in [0, 0.05) is 31.7 Å². The van der Waals surface area contributed by atoms with Crippen LogP contribution in [0.4, 0.5) is 18.0 Å². The summed E-state index contributed by atoms with van der Waals surface area (Å²) < 4.78 is 51.3. The van der Waals surface area contributed by atoms with Crippen molar-refractivity contribution in [2.45, 2.75) is 82.8 Å². The van der Waals surface area contributed by atoms with Crippen LogP contribution in [-0.4, -0.2) is 64.3 Å². The van der Waals surface area contributed by atoms with E-state index in [-0.39, 0.29) is 41.9 Å². The fourth-order valence-corrected chi connectivity index (χ4v) is 5.89. The first-order chi connectivity index (χ1) is 19.7. The summed E-state index contributed by atoms with van der Waals surface area (Å²) in [6, 6.07) is 9.90. The van der Waals surface area contributed by atoms with E-state index in [9.17, 15) is 27.9 Å². The molecule has 1 unspecified atom stereocenters. The zero-order valence-electron chi connectivity index (χ0n) is 24.2. The van der Waals surface area contributed by atoms with Gasteiger partial charge in [-0.15, -0.1) is 0 Å². The third-order valence-electron chi connectivity index (χ3n) is 7.74. The minimum atomic E-state index is -4.52. The molecule has 2 amide bonds. The van der Waals surface area contributed by atoms with Crippen LogP contribution in [0.15, 0.2) is 42.5 Å². The van der Waals surface area contributed by atoms with Gasteiger partial charge in [0.05, 0.1) is 22.1 Å². The molecule has 11 heteroatoms. The first kappa shape index (κ1) is 31.9. The molecule has 0 aromatic heterocycles. The minimum absolute atomic E-state index is 0.0276. The van der Waals surface area contributed by atoms with Gasteiger partial charge < -0.3 is 24.4 Å². The number of benzene rings is 2. The molecule has 0 radical (unpaired) electrons. The maximum absolute atomic E-state index is 14.0. The summed E-state index contributed by atoms with van der Waals surface area (Å²) in [5.74, 6) is -0.985. The Morgan fingerprint density at radius 2 is 1.60 bits per heavy atom. The van der Waals surface area contributed by atoms with Crippen molar-refractivity contribution < 1.29 is 37.3 Å². The Morgan fingerprint density at radius 1 is 0.976 bits per heavy atom. The lowest BCUT2D eigenvalue weighted by Gasteiger charge is -2.43. The summed E-state index contributed by atoms with van der Waals surface area (Å²) in [7, 11) is 0. The van der Waals surface area contributed by atoms with E-state index >= 15 is 0 Å². The highest BCUT2D eigenvalue weighted by molar-refractivity contribution is 6.32. The van der Waals surface area contributed by atoms with Crippen LogP contribution in [0.5, 0.6) is 5.75 Å². The monoisotopic (exact) mass is 610 g/mol. The molecule has 2 fully saturated rings. The van der Waals surface area contributed by atoms with Crippen LogP contribution >= 0.6 is 11.6 Å². The standard InChI is InChI=1S/C31H38ClF3N2O5/c1-29(2,3)42-28(39)37-17-15-36(16-18-37)27(38)26(30(40)13-7-4-8-14-30)21-11-12-25(24(32)19-21)41-20-22-9-5-6-10-23(22)31(33,34)35/h5-6,9-12,19,26,40H,4,7-8,13-18,20H2,1-3H3. The highest BCUT2D eigenvalue weighted by atomic mass is 35.5. The molecule has 1 heterocycles. The maximum Gasteiger partial charge on any atom is 0.416 e. The van der Waals surface area contributed by atoms with Crippen LogP contribution < -0.4 is 4.74 Å². The van der Waals surface area contributed by atoms with Crippen LogP contribution in [-0.2, 0) is 22.3 Å². The van der Waals surface area contributed by atoms with Crippen molar-refractivity contribution in [2.24, 2.45) is 0 Å². The number of piperazine rings is 1. The van der Waals surface area contributed by atoms with Gasteiger partial charge in [0.2, 0.25) is 5.91 Å². The lowest BCUT2D eigenvalue weighted by Crippen LogP contribution is -2.55. The van der Waals surface area contributed by atoms with Gasteiger partial charge in [0.1, 0.15) is 18.0 Å². The smallest absolute Gasteiger partial charge is 0.416 e. The highest BCUT2D eigenvalue weighted by Crippen LogP contribution is 2.43. The summed E-state index contributed by atoms with van der Waals surface area (Å²) in [5.41, 5.74) is -2.22. The van der Waals surface area contributed by atoms with Crippen LogP contribution in [0.2, 0.25) is 5.02 Å². The van der Waals surface area contributed by atoms with Crippen LogP contribution in [0.1, 0.15) is 75.5 Å². The molecule has 0 bridgehead atoms.